The number of rotatable bonds is 7. The Morgan fingerprint density at radius 3 is 2.59 bits per heavy atom. The number of benzene rings is 1. The van der Waals surface area contributed by atoms with Gasteiger partial charge in [-0.25, -0.2) is 13.4 Å². The van der Waals surface area contributed by atoms with Crippen molar-refractivity contribution in [2.45, 2.75) is 44.4 Å². The number of amides is 1. The molecule has 0 spiro atoms. The SMILES string of the molecule is CC(C)C1c2nc(C(=O)NCc3ccc(S(C)(=O)=O)cc3)sc2CN1Cc1ccc(C#N)cn1. The van der Waals surface area contributed by atoms with E-state index in [0.717, 1.165) is 28.1 Å². The van der Waals surface area contributed by atoms with Crippen LogP contribution in [0.25, 0.3) is 0 Å². The van der Waals surface area contributed by atoms with Crippen LogP contribution in [0.2, 0.25) is 0 Å². The maximum Gasteiger partial charge on any atom is 0.280 e. The van der Waals surface area contributed by atoms with Crippen molar-refractivity contribution >= 4 is 27.1 Å². The van der Waals surface area contributed by atoms with Crippen LogP contribution in [0.3, 0.4) is 0 Å². The largest absolute Gasteiger partial charge is 0.346 e. The summed E-state index contributed by atoms with van der Waals surface area (Å²) in [7, 11) is -3.25. The van der Waals surface area contributed by atoms with Crippen molar-refractivity contribution in [3.8, 4) is 6.07 Å². The van der Waals surface area contributed by atoms with Crippen molar-refractivity contribution in [1.29, 1.82) is 5.26 Å². The van der Waals surface area contributed by atoms with Gasteiger partial charge in [-0.05, 0) is 35.7 Å². The summed E-state index contributed by atoms with van der Waals surface area (Å²) in [4.78, 5) is 25.5. The molecule has 34 heavy (non-hydrogen) atoms. The first-order valence-electron chi connectivity index (χ1n) is 10.8. The van der Waals surface area contributed by atoms with Crippen LogP contribution in [-0.2, 0) is 29.5 Å². The molecule has 1 N–H and O–H groups in total. The van der Waals surface area contributed by atoms with Crippen LogP contribution in [-0.4, -0.2) is 35.4 Å². The molecule has 176 valence electrons. The van der Waals surface area contributed by atoms with Crippen LogP contribution in [0, 0.1) is 17.2 Å². The highest BCUT2D eigenvalue weighted by molar-refractivity contribution is 7.90. The van der Waals surface area contributed by atoms with Crippen LogP contribution < -0.4 is 5.32 Å². The normalized spacial score (nSPS) is 15.8. The number of fused-ring (bicyclic) bond motifs is 1. The van der Waals surface area contributed by atoms with Gasteiger partial charge in [0.25, 0.3) is 5.91 Å². The lowest BCUT2D eigenvalue weighted by molar-refractivity contribution is 0.0949. The first-order valence-corrected chi connectivity index (χ1v) is 13.5. The third kappa shape index (κ3) is 5.17. The van der Waals surface area contributed by atoms with E-state index in [1.165, 1.54) is 11.3 Å². The standard InChI is InChI=1S/C24H25N5O3S2/c1-15(2)22-21-20(14-29(22)13-18-7-4-17(10-25)12-26-18)33-24(28-21)23(30)27-11-16-5-8-19(9-6-16)34(3,31)32/h4-9,12,15,22H,11,13-14H2,1-3H3,(H,27,30). The van der Waals surface area contributed by atoms with Crippen molar-refractivity contribution in [3.63, 3.8) is 0 Å². The van der Waals surface area contributed by atoms with Gasteiger partial charge in [-0.3, -0.25) is 14.7 Å². The van der Waals surface area contributed by atoms with Crippen LogP contribution in [0.15, 0.2) is 47.5 Å². The second kappa shape index (κ2) is 9.62. The van der Waals surface area contributed by atoms with Gasteiger partial charge in [0, 0.05) is 37.0 Å². The van der Waals surface area contributed by atoms with Crippen molar-refractivity contribution in [2.24, 2.45) is 5.92 Å². The Balaban J connectivity index is 1.43. The van der Waals surface area contributed by atoms with Crippen molar-refractivity contribution in [1.82, 2.24) is 20.2 Å². The summed E-state index contributed by atoms with van der Waals surface area (Å²) in [5.41, 5.74) is 3.18. The monoisotopic (exact) mass is 495 g/mol. The fourth-order valence-electron chi connectivity index (χ4n) is 4.06. The number of nitrogens with one attached hydrogen (secondary N) is 1. The van der Waals surface area contributed by atoms with Gasteiger partial charge in [0.15, 0.2) is 14.8 Å². The van der Waals surface area contributed by atoms with Gasteiger partial charge in [0.1, 0.15) is 6.07 Å². The van der Waals surface area contributed by atoms with E-state index in [-0.39, 0.29) is 23.4 Å². The third-order valence-electron chi connectivity index (χ3n) is 5.70. The fraction of sp³-hybridized carbons (Fsp3) is 0.333. The molecule has 0 aliphatic carbocycles. The molecule has 8 nitrogen and oxygen atoms in total. The van der Waals surface area contributed by atoms with E-state index < -0.39 is 9.84 Å². The fourth-order valence-corrected chi connectivity index (χ4v) is 5.73. The number of carbonyl (C=O) groups excluding carboxylic acids is 1. The molecule has 4 rings (SSSR count). The summed E-state index contributed by atoms with van der Waals surface area (Å²) in [5.74, 6) is 0.0559. The molecule has 1 atom stereocenters. The number of aromatic nitrogens is 2. The molecule has 1 aromatic carbocycles. The molecule has 1 unspecified atom stereocenters. The predicted molar refractivity (Wildman–Crippen MR) is 129 cm³/mol. The molecule has 1 aliphatic rings. The molecular formula is C24H25N5O3S2. The summed E-state index contributed by atoms with van der Waals surface area (Å²) in [6.45, 7) is 5.90. The highest BCUT2D eigenvalue weighted by Crippen LogP contribution is 2.41. The summed E-state index contributed by atoms with van der Waals surface area (Å²) >= 11 is 1.41. The average Bonchev–Trinajstić information content (AvgIpc) is 3.35. The molecule has 2 aromatic heterocycles. The number of hydrogen-bond acceptors (Lipinski definition) is 8. The Labute approximate surface area is 203 Å². The first kappa shape index (κ1) is 24.0. The minimum Gasteiger partial charge on any atom is -0.346 e. The van der Waals surface area contributed by atoms with E-state index in [1.54, 1.807) is 36.5 Å². The highest BCUT2D eigenvalue weighted by atomic mass is 32.2. The Morgan fingerprint density at radius 1 is 1.26 bits per heavy atom. The Hall–Kier alpha value is -3.13. The molecule has 3 aromatic rings. The molecule has 0 saturated heterocycles. The molecule has 10 heteroatoms. The Morgan fingerprint density at radius 2 is 2.00 bits per heavy atom. The summed E-state index contributed by atoms with van der Waals surface area (Å²) < 4.78 is 23.2. The van der Waals surface area contributed by atoms with Gasteiger partial charge in [-0.15, -0.1) is 11.3 Å². The summed E-state index contributed by atoms with van der Waals surface area (Å²) in [6.07, 6.45) is 2.75. The van der Waals surface area contributed by atoms with Crippen molar-refractivity contribution in [2.75, 3.05) is 6.26 Å². The smallest absolute Gasteiger partial charge is 0.280 e. The third-order valence-corrected chi connectivity index (χ3v) is 7.88. The zero-order chi connectivity index (χ0) is 24.5. The van der Waals surface area contributed by atoms with Gasteiger partial charge in [0.2, 0.25) is 0 Å². The number of hydrogen-bond donors (Lipinski definition) is 1. The number of sulfone groups is 1. The minimum atomic E-state index is -3.25. The van der Waals surface area contributed by atoms with Gasteiger partial charge in [-0.2, -0.15) is 5.26 Å². The van der Waals surface area contributed by atoms with Crippen LogP contribution in [0.1, 0.15) is 57.1 Å². The maximum absolute atomic E-state index is 12.8. The zero-order valence-corrected chi connectivity index (χ0v) is 20.8. The zero-order valence-electron chi connectivity index (χ0n) is 19.1. The van der Waals surface area contributed by atoms with Gasteiger partial charge < -0.3 is 5.32 Å². The molecule has 0 saturated carbocycles. The van der Waals surface area contributed by atoms with E-state index in [2.05, 4.69) is 35.1 Å². The van der Waals surface area contributed by atoms with E-state index >= 15 is 0 Å². The molecule has 0 radical (unpaired) electrons. The predicted octanol–water partition coefficient (Wildman–Crippen LogP) is 3.46. The molecule has 0 bridgehead atoms. The number of thiazole rings is 1. The summed E-state index contributed by atoms with van der Waals surface area (Å²) in [5, 5.41) is 12.3. The highest BCUT2D eigenvalue weighted by Gasteiger charge is 2.36. The molecule has 1 amide bonds. The Kier molecular flexibility index (Phi) is 6.79. The lowest BCUT2D eigenvalue weighted by Gasteiger charge is -2.27. The first-order chi connectivity index (χ1) is 16.2. The minimum absolute atomic E-state index is 0.0776. The average molecular weight is 496 g/mol. The summed E-state index contributed by atoms with van der Waals surface area (Å²) in [6, 6.07) is 12.3. The van der Waals surface area contributed by atoms with Crippen molar-refractivity contribution < 1.29 is 13.2 Å². The van der Waals surface area contributed by atoms with E-state index in [1.807, 2.05) is 6.07 Å². The number of pyridine rings is 1. The molecule has 3 heterocycles. The Bertz CT molecular complexity index is 1340. The van der Waals surface area contributed by atoms with Crippen LogP contribution in [0.5, 0.6) is 0 Å². The molecular weight excluding hydrogens is 470 g/mol. The lowest BCUT2D eigenvalue weighted by atomic mass is 10.0. The number of nitrogens with zero attached hydrogens (tertiary/aromatic N) is 4. The number of nitriles is 1. The maximum atomic E-state index is 12.8. The topological polar surface area (TPSA) is 116 Å². The van der Waals surface area contributed by atoms with Crippen molar-refractivity contribution in [3.05, 3.63) is 75.0 Å². The van der Waals surface area contributed by atoms with Gasteiger partial charge in [-0.1, -0.05) is 26.0 Å². The van der Waals surface area contributed by atoms with Gasteiger partial charge >= 0.3 is 0 Å². The molecule has 0 fully saturated rings. The quantitative estimate of drug-likeness (QED) is 0.534. The van der Waals surface area contributed by atoms with Crippen LogP contribution in [0.4, 0.5) is 0 Å². The van der Waals surface area contributed by atoms with Gasteiger partial charge in [0.05, 0.1) is 27.9 Å². The lowest BCUT2D eigenvalue weighted by Crippen LogP contribution is -2.27. The van der Waals surface area contributed by atoms with E-state index in [4.69, 9.17) is 10.2 Å². The van der Waals surface area contributed by atoms with Crippen LogP contribution >= 0.6 is 11.3 Å². The molecule has 1 aliphatic heterocycles. The van der Waals surface area contributed by atoms with E-state index in [9.17, 15) is 13.2 Å². The van der Waals surface area contributed by atoms with E-state index in [0.29, 0.717) is 29.6 Å². The number of carbonyl (C=O) groups is 1. The second-order valence-corrected chi connectivity index (χ2v) is 11.8. The second-order valence-electron chi connectivity index (χ2n) is 8.67.